The Hall–Kier alpha value is -8.10. The van der Waals surface area contributed by atoms with Crippen LogP contribution in [0.25, 0.3) is 20.9 Å². The second-order valence-electron chi connectivity index (χ2n) is 17.8. The summed E-state index contributed by atoms with van der Waals surface area (Å²) >= 11 is 3.00. The minimum Gasteiger partial charge on any atom is -0.395 e. The van der Waals surface area contributed by atoms with Crippen molar-refractivity contribution in [1.29, 1.82) is 0 Å². The monoisotopic (exact) mass is 1050 g/mol. The van der Waals surface area contributed by atoms with Gasteiger partial charge in [0.15, 0.2) is 21.9 Å². The molecule has 2 saturated heterocycles. The third-order valence-electron chi connectivity index (χ3n) is 12.8. The van der Waals surface area contributed by atoms with Gasteiger partial charge in [-0.05, 0) is 48.7 Å². The van der Waals surface area contributed by atoms with Gasteiger partial charge in [-0.1, -0.05) is 64.2 Å². The molecular weight excluding hydrogens is 997 g/mol. The third-order valence-corrected chi connectivity index (χ3v) is 14.7. The largest absolute Gasteiger partial charge is 0.395 e. The average Bonchev–Trinajstić information content (AvgIpc) is 4.29. The second-order valence-corrected chi connectivity index (χ2v) is 19.9. The number of carbonyl (C=O) groups excluding carboxylic acids is 2. The Bertz CT molecular complexity index is 3150. The van der Waals surface area contributed by atoms with Gasteiger partial charge in [0.2, 0.25) is 0 Å². The molecule has 2 aromatic carbocycles. The number of aliphatic hydroxyl groups excluding tert-OH is 1. The predicted octanol–water partition coefficient (Wildman–Crippen LogP) is 8.08. The number of nitrogens with one attached hydrogen (secondary N) is 6. The van der Waals surface area contributed by atoms with Crippen molar-refractivity contribution < 1.29 is 23.7 Å². The average molecular weight is 1050 g/mol. The van der Waals surface area contributed by atoms with Crippen LogP contribution in [0.3, 0.4) is 0 Å². The molecule has 8 heterocycles. The summed E-state index contributed by atoms with van der Waals surface area (Å²) in [6.07, 6.45) is 8.96. The zero-order valence-electron chi connectivity index (χ0n) is 41.3. The van der Waals surface area contributed by atoms with Crippen LogP contribution in [0.2, 0.25) is 0 Å². The normalized spacial score (nSPS) is 14.6. The molecule has 10 rings (SSSR count). The van der Waals surface area contributed by atoms with Gasteiger partial charge in [-0.3, -0.25) is 20.4 Å². The van der Waals surface area contributed by atoms with Crippen LogP contribution in [0.5, 0.6) is 0 Å². The lowest BCUT2D eigenvalue weighted by atomic mass is 10.1. The fourth-order valence-electron chi connectivity index (χ4n) is 8.62. The van der Waals surface area contributed by atoms with Crippen molar-refractivity contribution in [3.8, 4) is 20.9 Å². The predicted molar refractivity (Wildman–Crippen MR) is 291 cm³/mol. The quantitative estimate of drug-likeness (QED) is 0.0403. The highest BCUT2D eigenvalue weighted by atomic mass is 32.1. The van der Waals surface area contributed by atoms with E-state index in [2.05, 4.69) is 98.6 Å². The van der Waals surface area contributed by atoms with E-state index in [1.165, 1.54) is 22.7 Å². The molecule has 0 aliphatic carbocycles. The molecule has 388 valence electrons. The molecule has 75 heavy (non-hydrogen) atoms. The molecule has 4 amide bonds. The number of aliphatic hydroxyl groups is 1. The fraction of sp³-hybridized carbons (Fsp3) is 0.320. The molecule has 0 bridgehead atoms. The van der Waals surface area contributed by atoms with Gasteiger partial charge in [0.25, 0.3) is 0 Å². The number of amides is 4. The van der Waals surface area contributed by atoms with Gasteiger partial charge in [0.1, 0.15) is 47.4 Å². The van der Waals surface area contributed by atoms with E-state index in [1.807, 2.05) is 80.0 Å². The highest BCUT2D eigenvalue weighted by molar-refractivity contribution is 7.19. The topological polar surface area (TPSA) is 269 Å². The van der Waals surface area contributed by atoms with E-state index in [4.69, 9.17) is 9.05 Å². The number of thiazole rings is 2. The van der Waals surface area contributed by atoms with Crippen molar-refractivity contribution >= 4 is 91.3 Å². The minimum absolute atomic E-state index is 0.165. The minimum atomic E-state index is -0.425. The van der Waals surface area contributed by atoms with Crippen molar-refractivity contribution in [2.45, 2.75) is 39.2 Å². The number of hydrogen-bond donors (Lipinski definition) is 7. The number of nitrogens with zero attached hydrogens (tertiary/aromatic N) is 12. The van der Waals surface area contributed by atoms with Gasteiger partial charge in [0.05, 0.1) is 16.4 Å². The maximum Gasteiger partial charge on any atom is 0.324 e. The van der Waals surface area contributed by atoms with Crippen LogP contribution in [0.1, 0.15) is 31.8 Å². The highest BCUT2D eigenvalue weighted by Crippen LogP contribution is 2.33. The van der Waals surface area contributed by atoms with E-state index in [0.29, 0.717) is 81.9 Å². The fourth-order valence-corrected chi connectivity index (χ4v) is 10.3. The molecule has 0 spiro atoms. The van der Waals surface area contributed by atoms with Crippen LogP contribution in [-0.2, 0) is 12.8 Å². The van der Waals surface area contributed by atoms with Gasteiger partial charge >= 0.3 is 12.1 Å². The Balaban J connectivity index is 0.629. The lowest BCUT2D eigenvalue weighted by molar-refractivity contribution is 0.185. The van der Waals surface area contributed by atoms with Gasteiger partial charge in [-0.2, -0.15) is 0 Å². The molecular formula is C50H56N18O5S2. The van der Waals surface area contributed by atoms with E-state index in [0.717, 1.165) is 91.3 Å². The summed E-state index contributed by atoms with van der Waals surface area (Å²) in [4.78, 5) is 63.5. The van der Waals surface area contributed by atoms with Crippen molar-refractivity contribution in [3.63, 3.8) is 0 Å². The highest BCUT2D eigenvalue weighted by Gasteiger charge is 2.24. The Labute approximate surface area is 439 Å². The maximum atomic E-state index is 12.9. The summed E-state index contributed by atoms with van der Waals surface area (Å²) in [7, 11) is 0. The Morgan fingerprint density at radius 1 is 0.613 bits per heavy atom. The van der Waals surface area contributed by atoms with Crippen molar-refractivity contribution in [1.82, 2.24) is 50.0 Å². The second kappa shape index (κ2) is 23.8. The van der Waals surface area contributed by atoms with E-state index in [1.54, 1.807) is 24.8 Å². The first-order chi connectivity index (χ1) is 36.7. The molecule has 7 N–H and O–H groups in total. The number of β-amino-alcohol motifs (C(OH)–C–C–N with tert-alkyl or cyclic N) is 1. The van der Waals surface area contributed by atoms with Gasteiger partial charge in [0, 0.05) is 126 Å². The van der Waals surface area contributed by atoms with Crippen LogP contribution in [0, 0.1) is 0 Å². The summed E-state index contributed by atoms with van der Waals surface area (Å²) in [5, 5.41) is 36.4. The molecule has 23 nitrogen and oxygen atoms in total. The SMILES string of the molecule is CCc1cc(NC(=O)Nc2ccc(-c3cnc(Nc4cc(N5CCN(C(C)CCc6cc(NC(=O)Nc7ccc(-c8cnc(Nc9cc(N%10CCN(CCO)CC%10)ncn9)s8)cc7)no6)CC5)ncn4)s3)cc2)no1. The first-order valence-electron chi connectivity index (χ1n) is 24.6. The molecule has 25 heteroatoms. The lowest BCUT2D eigenvalue weighted by Crippen LogP contribution is -2.50. The number of anilines is 10. The van der Waals surface area contributed by atoms with Gasteiger partial charge < -0.3 is 45.2 Å². The Morgan fingerprint density at radius 2 is 1.11 bits per heavy atom. The smallest absolute Gasteiger partial charge is 0.324 e. The number of benzene rings is 2. The summed E-state index contributed by atoms with van der Waals surface area (Å²) in [5.74, 6) is 5.10. The van der Waals surface area contributed by atoms with Crippen LogP contribution in [-0.4, -0.2) is 139 Å². The Kier molecular flexibility index (Phi) is 16.0. The molecule has 0 radical (unpaired) electrons. The third kappa shape index (κ3) is 13.4. The zero-order chi connectivity index (χ0) is 51.5. The van der Waals surface area contributed by atoms with Crippen molar-refractivity contribution in [3.05, 3.63) is 109 Å². The standard InChI is InChI=1S/C50H56N18O5S2/c1-3-37-24-43(63-72-37)59-47(70)57-35-9-5-33(6-10-35)40-29-52-50(75-40)62-42-27-46(56-31-54-42)68-20-18-66(19-21-68)32(2)4-13-38-25-44(64-73-38)60-48(71)58-36-11-7-34(8-12-36)39-28-51-49(74-39)61-41-26-45(55-30-53-41)67-16-14-65(15-17-67)22-23-69/h5-12,24-32,69H,3-4,13-23H2,1-2H3,(H,51,53,55,61)(H,52,54,56,62)(H2,57,59,63,70)(H2,58,60,64,71). The molecule has 1 atom stereocenters. The number of aryl methyl sites for hydroxylation is 2. The summed E-state index contributed by atoms with van der Waals surface area (Å²) < 4.78 is 10.7. The number of hydrogen-bond acceptors (Lipinski definition) is 21. The molecule has 1 unspecified atom stereocenters. The number of piperazine rings is 2. The van der Waals surface area contributed by atoms with E-state index in [-0.39, 0.29) is 6.61 Å². The molecule has 6 aromatic heterocycles. The van der Waals surface area contributed by atoms with Crippen LogP contribution in [0.4, 0.5) is 66.1 Å². The maximum absolute atomic E-state index is 12.9. The summed E-state index contributed by atoms with van der Waals surface area (Å²) in [5.41, 5.74) is 3.18. The Morgan fingerprint density at radius 3 is 1.60 bits per heavy atom. The van der Waals surface area contributed by atoms with Crippen molar-refractivity contribution in [2.24, 2.45) is 0 Å². The first-order valence-corrected chi connectivity index (χ1v) is 26.3. The molecule has 2 aliphatic heterocycles. The zero-order valence-corrected chi connectivity index (χ0v) is 42.9. The van der Waals surface area contributed by atoms with Gasteiger partial charge in [-0.15, -0.1) is 0 Å². The van der Waals surface area contributed by atoms with Gasteiger partial charge in [-0.25, -0.2) is 39.5 Å². The summed E-state index contributed by atoms with van der Waals surface area (Å²) in [6, 6.07) is 21.9. The number of rotatable bonds is 19. The van der Waals surface area contributed by atoms with E-state index in [9.17, 15) is 14.7 Å². The number of carbonyl (C=O) groups is 2. The number of aromatic nitrogens is 8. The van der Waals surface area contributed by atoms with Crippen LogP contribution in [0.15, 0.2) is 107 Å². The van der Waals surface area contributed by atoms with E-state index >= 15 is 0 Å². The lowest BCUT2D eigenvalue weighted by Gasteiger charge is -2.38. The first kappa shape index (κ1) is 50.4. The van der Waals surface area contributed by atoms with Crippen LogP contribution < -0.4 is 41.7 Å². The molecule has 2 aliphatic rings. The molecule has 2 fully saturated rings. The van der Waals surface area contributed by atoms with Crippen LogP contribution >= 0.6 is 22.7 Å². The molecule has 0 saturated carbocycles. The summed E-state index contributed by atoms with van der Waals surface area (Å²) in [6.45, 7) is 11.8. The van der Waals surface area contributed by atoms with Crippen molar-refractivity contribution in [2.75, 3.05) is 107 Å². The number of urea groups is 2. The molecule has 8 aromatic rings. The van der Waals surface area contributed by atoms with E-state index < -0.39 is 12.1 Å².